The Labute approximate surface area is 133 Å². The van der Waals surface area contributed by atoms with Crippen molar-refractivity contribution in [1.29, 1.82) is 0 Å². The van der Waals surface area contributed by atoms with Crippen molar-refractivity contribution >= 4 is 23.4 Å². The fourth-order valence-electron chi connectivity index (χ4n) is 2.20. The topological polar surface area (TPSA) is 55.1 Å². The van der Waals surface area contributed by atoms with Gasteiger partial charge in [0.15, 0.2) is 0 Å². The monoisotopic (exact) mass is 308 g/mol. The number of carbonyl (C=O) groups excluding carboxylic acids is 1. The molecule has 3 nitrogen and oxygen atoms in total. The summed E-state index contributed by atoms with van der Waals surface area (Å²) in [6, 6.07) is 6.05. The average Bonchev–Trinajstić information content (AvgIpc) is 2.37. The van der Waals surface area contributed by atoms with Gasteiger partial charge in [-0.05, 0) is 49.9 Å². The Balaban J connectivity index is 2.30. The van der Waals surface area contributed by atoms with Gasteiger partial charge in [0.2, 0.25) is 5.91 Å². The molecule has 0 aliphatic heterocycles. The molecule has 0 bridgehead atoms. The van der Waals surface area contributed by atoms with E-state index in [1.807, 2.05) is 25.1 Å². The molecule has 0 aliphatic carbocycles. The van der Waals surface area contributed by atoms with Crippen molar-refractivity contribution in [2.75, 3.05) is 11.5 Å². The molecule has 21 heavy (non-hydrogen) atoms. The lowest BCUT2D eigenvalue weighted by Crippen LogP contribution is -2.33. The van der Waals surface area contributed by atoms with Gasteiger partial charge in [0.25, 0.3) is 0 Å². The van der Waals surface area contributed by atoms with Crippen LogP contribution in [0.3, 0.4) is 0 Å². The van der Waals surface area contributed by atoms with Crippen molar-refractivity contribution in [3.8, 4) is 0 Å². The fraction of sp³-hybridized carbons (Fsp3) is 0.588. The molecule has 0 heterocycles. The Morgan fingerprint density at radius 3 is 2.62 bits per heavy atom. The van der Waals surface area contributed by atoms with E-state index >= 15 is 0 Å². The van der Waals surface area contributed by atoms with Crippen molar-refractivity contribution < 1.29 is 4.79 Å². The zero-order chi connectivity index (χ0) is 15.8. The Hall–Kier alpha value is -1.16. The molecule has 1 atom stereocenters. The predicted octanol–water partition coefficient (Wildman–Crippen LogP) is 4.00. The first-order valence-electron chi connectivity index (χ1n) is 7.66. The van der Waals surface area contributed by atoms with E-state index in [0.29, 0.717) is 5.75 Å². The number of nitrogen functional groups attached to an aromatic ring is 1. The van der Waals surface area contributed by atoms with E-state index < -0.39 is 0 Å². The molecule has 3 N–H and O–H groups in total. The Morgan fingerprint density at radius 1 is 1.29 bits per heavy atom. The minimum Gasteiger partial charge on any atom is -0.399 e. The number of nitrogens with one attached hydrogen (secondary N) is 1. The van der Waals surface area contributed by atoms with Gasteiger partial charge in [-0.15, -0.1) is 11.8 Å². The first-order chi connectivity index (χ1) is 9.88. The van der Waals surface area contributed by atoms with Gasteiger partial charge in [0, 0.05) is 16.6 Å². The van der Waals surface area contributed by atoms with E-state index in [-0.39, 0.29) is 11.9 Å². The van der Waals surface area contributed by atoms with Crippen LogP contribution in [0, 0.1) is 12.8 Å². The summed E-state index contributed by atoms with van der Waals surface area (Å²) in [4.78, 5) is 13.1. The van der Waals surface area contributed by atoms with E-state index in [1.54, 1.807) is 11.8 Å². The number of carbonyl (C=O) groups is 1. The van der Waals surface area contributed by atoms with E-state index in [2.05, 4.69) is 26.1 Å². The van der Waals surface area contributed by atoms with Crippen LogP contribution >= 0.6 is 11.8 Å². The van der Waals surface area contributed by atoms with Gasteiger partial charge < -0.3 is 11.1 Å². The molecule has 1 unspecified atom stereocenters. The largest absolute Gasteiger partial charge is 0.399 e. The quantitative estimate of drug-likeness (QED) is 0.564. The smallest absolute Gasteiger partial charge is 0.230 e. The fourth-order valence-corrected chi connectivity index (χ4v) is 3.02. The zero-order valence-corrected chi connectivity index (χ0v) is 14.4. The molecule has 0 spiro atoms. The second-order valence-electron chi connectivity index (χ2n) is 6.11. The minimum atomic E-state index is 0.105. The normalized spacial score (nSPS) is 12.4. The maximum atomic E-state index is 11.9. The molecule has 0 saturated carbocycles. The van der Waals surface area contributed by atoms with Crippen LogP contribution in [0.2, 0.25) is 0 Å². The van der Waals surface area contributed by atoms with Gasteiger partial charge in [-0.3, -0.25) is 4.79 Å². The van der Waals surface area contributed by atoms with Crippen LogP contribution < -0.4 is 11.1 Å². The van der Waals surface area contributed by atoms with E-state index in [9.17, 15) is 4.79 Å². The van der Waals surface area contributed by atoms with Crippen LogP contribution in [0.25, 0.3) is 0 Å². The van der Waals surface area contributed by atoms with E-state index in [4.69, 9.17) is 5.73 Å². The Morgan fingerprint density at radius 2 is 2.00 bits per heavy atom. The second kappa shape index (κ2) is 8.98. The standard InChI is InChI=1S/C17H28N2OS/c1-12(2)6-5-7-14(4)19-17(20)11-21-16-9-8-15(18)10-13(16)3/h8-10,12,14H,5-7,11,18H2,1-4H3,(H,19,20). The molecule has 1 amide bonds. The molecule has 0 saturated heterocycles. The third-order valence-electron chi connectivity index (χ3n) is 3.38. The van der Waals surface area contributed by atoms with Crippen molar-refractivity contribution in [3.63, 3.8) is 0 Å². The summed E-state index contributed by atoms with van der Waals surface area (Å²) in [7, 11) is 0. The lowest BCUT2D eigenvalue weighted by atomic mass is 10.0. The number of anilines is 1. The maximum absolute atomic E-state index is 11.9. The number of hydrogen-bond acceptors (Lipinski definition) is 3. The lowest BCUT2D eigenvalue weighted by Gasteiger charge is -2.14. The number of amides is 1. The van der Waals surface area contributed by atoms with Gasteiger partial charge >= 0.3 is 0 Å². The zero-order valence-electron chi connectivity index (χ0n) is 13.6. The van der Waals surface area contributed by atoms with Crippen LogP contribution in [0.1, 0.15) is 45.6 Å². The molecule has 0 radical (unpaired) electrons. The molecule has 0 aromatic heterocycles. The molecular weight excluding hydrogens is 280 g/mol. The molecule has 118 valence electrons. The summed E-state index contributed by atoms with van der Waals surface area (Å²) in [6.45, 7) is 8.56. The summed E-state index contributed by atoms with van der Waals surface area (Å²) in [6.07, 6.45) is 3.44. The molecule has 4 heteroatoms. The summed E-state index contributed by atoms with van der Waals surface area (Å²) in [5.74, 6) is 1.30. The summed E-state index contributed by atoms with van der Waals surface area (Å²) < 4.78 is 0. The van der Waals surface area contributed by atoms with Crippen LogP contribution in [-0.2, 0) is 4.79 Å². The highest BCUT2D eigenvalue weighted by molar-refractivity contribution is 8.00. The summed E-state index contributed by atoms with van der Waals surface area (Å²) in [5.41, 5.74) is 7.62. The maximum Gasteiger partial charge on any atom is 0.230 e. The third-order valence-corrected chi connectivity index (χ3v) is 4.56. The molecule has 1 rings (SSSR count). The highest BCUT2D eigenvalue weighted by Crippen LogP contribution is 2.23. The lowest BCUT2D eigenvalue weighted by molar-refractivity contribution is -0.119. The molecule has 0 aliphatic rings. The van der Waals surface area contributed by atoms with Crippen LogP contribution in [0.5, 0.6) is 0 Å². The van der Waals surface area contributed by atoms with Gasteiger partial charge in [0.05, 0.1) is 5.75 Å². The first-order valence-corrected chi connectivity index (χ1v) is 8.65. The number of hydrogen-bond donors (Lipinski definition) is 2. The number of nitrogens with two attached hydrogens (primary N) is 1. The summed E-state index contributed by atoms with van der Waals surface area (Å²) in [5, 5.41) is 3.07. The molecule has 1 aromatic carbocycles. The van der Waals surface area contributed by atoms with Crippen LogP contribution in [-0.4, -0.2) is 17.7 Å². The van der Waals surface area contributed by atoms with Crippen LogP contribution in [0.15, 0.2) is 23.1 Å². The Kier molecular flexibility index (Phi) is 7.65. The Bertz CT molecular complexity index is 460. The summed E-state index contributed by atoms with van der Waals surface area (Å²) >= 11 is 1.57. The molecule has 1 aromatic rings. The van der Waals surface area contributed by atoms with Gasteiger partial charge in [-0.1, -0.05) is 26.7 Å². The van der Waals surface area contributed by atoms with Crippen LogP contribution in [0.4, 0.5) is 5.69 Å². The highest BCUT2D eigenvalue weighted by Gasteiger charge is 2.09. The third kappa shape index (κ3) is 7.42. The van der Waals surface area contributed by atoms with E-state index in [0.717, 1.165) is 28.5 Å². The van der Waals surface area contributed by atoms with Crippen molar-refractivity contribution in [3.05, 3.63) is 23.8 Å². The number of rotatable bonds is 8. The molecular formula is C17H28N2OS. The second-order valence-corrected chi connectivity index (χ2v) is 7.12. The highest BCUT2D eigenvalue weighted by atomic mass is 32.2. The molecule has 0 fully saturated rings. The van der Waals surface area contributed by atoms with E-state index in [1.165, 1.54) is 12.8 Å². The van der Waals surface area contributed by atoms with Crippen molar-refractivity contribution in [1.82, 2.24) is 5.32 Å². The van der Waals surface area contributed by atoms with Gasteiger partial charge in [0.1, 0.15) is 0 Å². The number of aryl methyl sites for hydroxylation is 1. The number of thioether (sulfide) groups is 1. The minimum absolute atomic E-state index is 0.105. The van der Waals surface area contributed by atoms with Gasteiger partial charge in [-0.25, -0.2) is 0 Å². The van der Waals surface area contributed by atoms with Crippen molar-refractivity contribution in [2.45, 2.75) is 57.9 Å². The number of benzene rings is 1. The predicted molar refractivity (Wildman–Crippen MR) is 92.6 cm³/mol. The average molecular weight is 308 g/mol. The van der Waals surface area contributed by atoms with Gasteiger partial charge in [-0.2, -0.15) is 0 Å². The van der Waals surface area contributed by atoms with Crippen molar-refractivity contribution in [2.24, 2.45) is 5.92 Å². The first kappa shape index (κ1) is 17.9. The SMILES string of the molecule is Cc1cc(N)ccc1SCC(=O)NC(C)CCCC(C)C.